The Hall–Kier alpha value is -2.92. The second-order valence-corrected chi connectivity index (χ2v) is 12.4. The Kier molecular flexibility index (Phi) is 9.90. The molecule has 0 heterocycles. The van der Waals surface area contributed by atoms with Gasteiger partial charge in [0.05, 0.1) is 4.90 Å². The van der Waals surface area contributed by atoms with Crippen LogP contribution in [-0.4, -0.2) is 46.4 Å². The standard InChI is InChI=1S/C12H10S.C11H7F9O5S2/c1-3-7-11(8-4-1)13-12-9-5-2-6-10-12;1-26(21,22)7-4-2-6(3-5-7)25-27(23,24)11(19,20)9(14,15)8(12,13)10(16,17)18/h1-10H;2-5H,1H3. The zero-order chi connectivity index (χ0) is 30.6. The van der Waals surface area contributed by atoms with Crippen LogP contribution in [0.15, 0.2) is 99.6 Å². The van der Waals surface area contributed by atoms with Crippen molar-refractivity contribution in [3.8, 4) is 5.75 Å². The summed E-state index contributed by atoms with van der Waals surface area (Å²) in [5, 5.41) is -7.01. The second-order valence-electron chi connectivity index (χ2n) is 7.67. The van der Waals surface area contributed by atoms with Gasteiger partial charge in [-0.1, -0.05) is 48.2 Å². The average molecular weight is 641 g/mol. The molecule has 0 unspecified atom stereocenters. The van der Waals surface area contributed by atoms with E-state index < -0.39 is 53.9 Å². The first-order valence-corrected chi connectivity index (χ1v) is 14.5. The molecule has 220 valence electrons. The van der Waals surface area contributed by atoms with Crippen molar-refractivity contribution >= 4 is 31.7 Å². The molecule has 0 aliphatic rings. The van der Waals surface area contributed by atoms with Crippen LogP contribution in [0.1, 0.15) is 0 Å². The molecule has 3 rings (SSSR count). The maximum absolute atomic E-state index is 13.4. The summed E-state index contributed by atoms with van der Waals surface area (Å²) >= 11 is 1.79. The molecule has 0 aromatic heterocycles. The van der Waals surface area contributed by atoms with Gasteiger partial charge in [0.1, 0.15) is 5.75 Å². The Balaban J connectivity index is 0.000000355. The van der Waals surface area contributed by atoms with E-state index in [1.165, 1.54) is 9.79 Å². The van der Waals surface area contributed by atoms with Crippen LogP contribution in [-0.2, 0) is 20.0 Å². The number of benzene rings is 3. The molecule has 0 aliphatic carbocycles. The van der Waals surface area contributed by atoms with Gasteiger partial charge >= 0.3 is 33.4 Å². The fourth-order valence-corrected chi connectivity index (χ4v) is 4.95. The molecule has 0 spiro atoms. The molecular formula is C23H17F9O5S3. The van der Waals surface area contributed by atoms with Crippen molar-refractivity contribution in [3.63, 3.8) is 0 Å². The summed E-state index contributed by atoms with van der Waals surface area (Å²) < 4.78 is 163. The van der Waals surface area contributed by atoms with Gasteiger partial charge in [0, 0.05) is 16.0 Å². The van der Waals surface area contributed by atoms with Crippen molar-refractivity contribution in [2.45, 2.75) is 38.0 Å². The molecule has 3 aromatic rings. The van der Waals surface area contributed by atoms with E-state index in [2.05, 4.69) is 52.7 Å². The summed E-state index contributed by atoms with van der Waals surface area (Å²) in [6.07, 6.45) is -6.51. The van der Waals surface area contributed by atoms with Gasteiger partial charge in [0.25, 0.3) is 0 Å². The third kappa shape index (κ3) is 7.42. The van der Waals surface area contributed by atoms with Crippen molar-refractivity contribution in [1.82, 2.24) is 0 Å². The molecule has 0 N–H and O–H groups in total. The largest absolute Gasteiger partial charge is 0.460 e. The summed E-state index contributed by atoms with van der Waals surface area (Å²) in [7, 11) is -10.9. The lowest BCUT2D eigenvalue weighted by molar-refractivity contribution is -0.382. The number of hydrogen-bond acceptors (Lipinski definition) is 6. The lowest BCUT2D eigenvalue weighted by Gasteiger charge is -2.32. The summed E-state index contributed by atoms with van der Waals surface area (Å²) in [5.74, 6) is -16.1. The minimum atomic E-state index is -7.43. The fourth-order valence-electron chi connectivity index (χ4n) is 2.55. The lowest BCUT2D eigenvalue weighted by Crippen LogP contribution is -2.63. The molecular weight excluding hydrogens is 623 g/mol. The summed E-state index contributed by atoms with van der Waals surface area (Å²) in [5.41, 5.74) is 0. The van der Waals surface area contributed by atoms with Gasteiger partial charge in [-0.25, -0.2) is 8.42 Å². The molecule has 5 nitrogen and oxygen atoms in total. The number of sulfone groups is 1. The van der Waals surface area contributed by atoms with Gasteiger partial charge in [-0.05, 0) is 48.5 Å². The van der Waals surface area contributed by atoms with Crippen molar-refractivity contribution < 1.29 is 60.5 Å². The van der Waals surface area contributed by atoms with Crippen LogP contribution in [0.2, 0.25) is 0 Å². The van der Waals surface area contributed by atoms with E-state index in [0.29, 0.717) is 30.5 Å². The predicted octanol–water partition coefficient (Wildman–Crippen LogP) is 7.06. The maximum Gasteiger partial charge on any atom is 0.460 e. The molecule has 0 atom stereocenters. The molecule has 0 radical (unpaired) electrons. The molecule has 0 fully saturated rings. The molecule has 0 amide bonds. The molecule has 0 bridgehead atoms. The Morgan fingerprint density at radius 1 is 0.600 bits per heavy atom. The van der Waals surface area contributed by atoms with Crippen LogP contribution in [0.4, 0.5) is 39.5 Å². The molecule has 40 heavy (non-hydrogen) atoms. The van der Waals surface area contributed by atoms with E-state index >= 15 is 0 Å². The van der Waals surface area contributed by atoms with Crippen LogP contribution in [0.25, 0.3) is 0 Å². The van der Waals surface area contributed by atoms with Crippen LogP contribution < -0.4 is 4.18 Å². The van der Waals surface area contributed by atoms with E-state index in [0.717, 1.165) is 0 Å². The minimum absolute atomic E-state index is 0.379. The highest BCUT2D eigenvalue weighted by Gasteiger charge is 2.86. The lowest BCUT2D eigenvalue weighted by atomic mass is 10.1. The highest BCUT2D eigenvalue weighted by Crippen LogP contribution is 2.55. The number of halogens is 9. The highest BCUT2D eigenvalue weighted by atomic mass is 32.2. The van der Waals surface area contributed by atoms with Crippen LogP contribution in [0, 0.1) is 0 Å². The number of hydrogen-bond donors (Lipinski definition) is 0. The van der Waals surface area contributed by atoms with Crippen LogP contribution in [0.5, 0.6) is 5.75 Å². The van der Waals surface area contributed by atoms with E-state index in [9.17, 15) is 56.3 Å². The van der Waals surface area contributed by atoms with Gasteiger partial charge in [-0.15, -0.1) is 0 Å². The van der Waals surface area contributed by atoms with E-state index in [4.69, 9.17) is 0 Å². The van der Waals surface area contributed by atoms with Crippen LogP contribution >= 0.6 is 11.8 Å². The monoisotopic (exact) mass is 640 g/mol. The van der Waals surface area contributed by atoms with Gasteiger partial charge in [0.15, 0.2) is 9.84 Å². The second kappa shape index (κ2) is 11.9. The molecule has 0 aliphatic heterocycles. The maximum atomic E-state index is 13.4. The summed E-state index contributed by atoms with van der Waals surface area (Å²) in [6.45, 7) is 0. The number of rotatable bonds is 8. The van der Waals surface area contributed by atoms with Crippen LogP contribution in [0.3, 0.4) is 0 Å². The van der Waals surface area contributed by atoms with Crippen molar-refractivity contribution in [2.24, 2.45) is 0 Å². The van der Waals surface area contributed by atoms with Crippen molar-refractivity contribution in [2.75, 3.05) is 6.26 Å². The third-order valence-electron chi connectivity index (χ3n) is 4.61. The fraction of sp³-hybridized carbons (Fsp3) is 0.217. The predicted molar refractivity (Wildman–Crippen MR) is 127 cm³/mol. The van der Waals surface area contributed by atoms with Gasteiger partial charge in [-0.3, -0.25) is 0 Å². The van der Waals surface area contributed by atoms with Gasteiger partial charge in [0.2, 0.25) is 0 Å². The topological polar surface area (TPSA) is 77.5 Å². The number of alkyl halides is 9. The van der Waals surface area contributed by atoms with Gasteiger partial charge < -0.3 is 4.18 Å². The molecule has 0 saturated heterocycles. The summed E-state index contributed by atoms with van der Waals surface area (Å²) in [6, 6.07) is 22.7. The first-order chi connectivity index (χ1) is 18.1. The molecule has 0 saturated carbocycles. The van der Waals surface area contributed by atoms with E-state index in [-0.39, 0.29) is 0 Å². The SMILES string of the molecule is CS(=O)(=O)c1ccc(OS(=O)(=O)C(F)(F)C(F)(F)C(F)(F)C(F)(F)F)cc1.c1ccc(Sc2ccccc2)cc1. The normalized spacial score (nSPS) is 13.2. The molecule has 17 heteroatoms. The van der Waals surface area contributed by atoms with Crippen molar-refractivity contribution in [1.29, 1.82) is 0 Å². The first-order valence-electron chi connectivity index (χ1n) is 10.4. The Labute approximate surface area is 227 Å². The van der Waals surface area contributed by atoms with E-state index in [1.54, 1.807) is 11.8 Å². The zero-order valence-corrected chi connectivity index (χ0v) is 22.2. The minimum Gasteiger partial charge on any atom is -0.378 e. The Morgan fingerprint density at radius 2 is 1.00 bits per heavy atom. The Morgan fingerprint density at radius 3 is 1.35 bits per heavy atom. The smallest absolute Gasteiger partial charge is 0.378 e. The summed E-state index contributed by atoms with van der Waals surface area (Å²) in [4.78, 5) is 2.08. The third-order valence-corrected chi connectivity index (χ3v) is 8.05. The highest BCUT2D eigenvalue weighted by molar-refractivity contribution is 7.99. The molecule has 3 aromatic carbocycles. The van der Waals surface area contributed by atoms with E-state index in [1.807, 2.05) is 12.1 Å². The van der Waals surface area contributed by atoms with Crippen molar-refractivity contribution in [3.05, 3.63) is 84.9 Å². The Bertz CT molecular complexity index is 1440. The zero-order valence-electron chi connectivity index (χ0n) is 19.8. The quantitative estimate of drug-likeness (QED) is 0.194. The van der Waals surface area contributed by atoms with Gasteiger partial charge in [-0.2, -0.15) is 47.9 Å². The first kappa shape index (κ1) is 33.3. The average Bonchev–Trinajstić information content (AvgIpc) is 2.84.